The van der Waals surface area contributed by atoms with Crippen molar-refractivity contribution in [1.29, 1.82) is 0 Å². The van der Waals surface area contributed by atoms with Crippen molar-refractivity contribution in [3.63, 3.8) is 0 Å². The summed E-state index contributed by atoms with van der Waals surface area (Å²) in [5.74, 6) is 0.284. The van der Waals surface area contributed by atoms with Gasteiger partial charge in [0.2, 0.25) is 5.91 Å². The van der Waals surface area contributed by atoms with Gasteiger partial charge in [0.05, 0.1) is 6.10 Å². The zero-order valence-corrected chi connectivity index (χ0v) is 11.3. The average Bonchev–Trinajstić information content (AvgIpc) is 2.46. The first-order valence-electron chi connectivity index (χ1n) is 6.87. The van der Waals surface area contributed by atoms with E-state index in [2.05, 4.69) is 0 Å². The van der Waals surface area contributed by atoms with E-state index in [4.69, 9.17) is 5.73 Å². The molecular weight excluding hydrogens is 240 g/mol. The molecule has 0 saturated carbocycles. The summed E-state index contributed by atoms with van der Waals surface area (Å²) in [5, 5.41) is 9.56. The summed E-state index contributed by atoms with van der Waals surface area (Å²) in [7, 11) is 0. The van der Waals surface area contributed by atoms with Gasteiger partial charge >= 0.3 is 0 Å². The molecule has 3 N–H and O–H groups in total. The number of piperidine rings is 1. The van der Waals surface area contributed by atoms with Gasteiger partial charge in [0.1, 0.15) is 6.04 Å². The smallest absolute Gasteiger partial charge is 0.244 e. The minimum absolute atomic E-state index is 0.0183. The fraction of sp³-hybridized carbons (Fsp3) is 0.533. The van der Waals surface area contributed by atoms with Crippen molar-refractivity contribution in [3.8, 4) is 0 Å². The highest BCUT2D eigenvalue weighted by Gasteiger charge is 2.28. The molecular formula is C15H22N2O2. The number of carbonyl (C=O) groups is 1. The summed E-state index contributed by atoms with van der Waals surface area (Å²) in [6, 6.07) is 8.87. The monoisotopic (exact) mass is 262 g/mol. The molecule has 19 heavy (non-hydrogen) atoms. The number of hydrogen-bond donors (Lipinski definition) is 2. The van der Waals surface area contributed by atoms with Crippen molar-refractivity contribution in [1.82, 2.24) is 4.90 Å². The molecule has 1 aromatic rings. The molecule has 1 aliphatic heterocycles. The van der Waals surface area contributed by atoms with Crippen LogP contribution in [-0.4, -0.2) is 35.1 Å². The largest absolute Gasteiger partial charge is 0.393 e. The number of rotatable bonds is 3. The van der Waals surface area contributed by atoms with Gasteiger partial charge in [-0.1, -0.05) is 30.3 Å². The van der Waals surface area contributed by atoms with Crippen molar-refractivity contribution < 1.29 is 9.90 Å². The van der Waals surface area contributed by atoms with Crippen LogP contribution in [0.2, 0.25) is 0 Å². The van der Waals surface area contributed by atoms with Gasteiger partial charge < -0.3 is 15.7 Å². The molecule has 0 aliphatic carbocycles. The second kappa shape index (κ2) is 6.17. The summed E-state index contributed by atoms with van der Waals surface area (Å²) >= 11 is 0. The van der Waals surface area contributed by atoms with Crippen LogP contribution in [0.5, 0.6) is 0 Å². The average molecular weight is 262 g/mol. The molecule has 0 unspecified atom stereocenters. The third-order valence-corrected chi connectivity index (χ3v) is 3.96. The normalized spacial score (nSPS) is 20.1. The lowest BCUT2D eigenvalue weighted by Crippen LogP contribution is -2.44. The van der Waals surface area contributed by atoms with Crippen molar-refractivity contribution in [2.24, 2.45) is 11.7 Å². The van der Waals surface area contributed by atoms with E-state index >= 15 is 0 Å². The fourth-order valence-corrected chi connectivity index (χ4v) is 2.60. The number of aliphatic hydroxyl groups excluding tert-OH is 1. The fourth-order valence-electron chi connectivity index (χ4n) is 2.60. The number of nitrogens with zero attached hydrogens (tertiary/aromatic N) is 1. The first-order chi connectivity index (χ1) is 9.09. The number of amides is 1. The lowest BCUT2D eigenvalue weighted by molar-refractivity contribution is -0.134. The van der Waals surface area contributed by atoms with Crippen LogP contribution in [0.15, 0.2) is 30.3 Å². The van der Waals surface area contributed by atoms with Gasteiger partial charge in [0.25, 0.3) is 0 Å². The highest BCUT2D eigenvalue weighted by molar-refractivity contribution is 5.83. The van der Waals surface area contributed by atoms with Crippen molar-refractivity contribution in [2.75, 3.05) is 13.1 Å². The first kappa shape index (κ1) is 14.0. The maximum Gasteiger partial charge on any atom is 0.244 e. The van der Waals surface area contributed by atoms with Gasteiger partial charge in [-0.3, -0.25) is 4.79 Å². The van der Waals surface area contributed by atoms with E-state index in [1.165, 1.54) is 0 Å². The van der Waals surface area contributed by atoms with Crippen LogP contribution >= 0.6 is 0 Å². The lowest BCUT2D eigenvalue weighted by Gasteiger charge is -2.34. The van der Waals surface area contributed by atoms with Gasteiger partial charge in [0, 0.05) is 13.1 Å². The van der Waals surface area contributed by atoms with Gasteiger partial charge in [-0.05, 0) is 31.2 Å². The van der Waals surface area contributed by atoms with Gasteiger partial charge in [-0.25, -0.2) is 0 Å². The molecule has 4 heteroatoms. The quantitative estimate of drug-likeness (QED) is 0.863. The predicted molar refractivity (Wildman–Crippen MR) is 74.4 cm³/mol. The van der Waals surface area contributed by atoms with Crippen molar-refractivity contribution in [3.05, 3.63) is 35.9 Å². The lowest BCUT2D eigenvalue weighted by atomic mass is 9.91. The van der Waals surface area contributed by atoms with Crippen LogP contribution in [0.4, 0.5) is 0 Å². The van der Waals surface area contributed by atoms with Crippen LogP contribution in [0.1, 0.15) is 31.4 Å². The number of hydrogen-bond acceptors (Lipinski definition) is 3. The topological polar surface area (TPSA) is 66.6 Å². The van der Waals surface area contributed by atoms with Crippen LogP contribution in [0.3, 0.4) is 0 Å². The Hall–Kier alpha value is -1.39. The molecule has 1 amide bonds. The summed E-state index contributed by atoms with van der Waals surface area (Å²) < 4.78 is 0. The zero-order valence-electron chi connectivity index (χ0n) is 11.3. The van der Waals surface area contributed by atoms with E-state index < -0.39 is 6.04 Å². The van der Waals surface area contributed by atoms with Crippen molar-refractivity contribution >= 4 is 5.91 Å². The molecule has 0 radical (unpaired) electrons. The third-order valence-electron chi connectivity index (χ3n) is 3.96. The molecule has 104 valence electrons. The standard InChI is InChI=1S/C15H22N2O2/c1-11(18)12-7-9-17(10-8-12)15(19)14(16)13-5-3-2-4-6-13/h2-6,11-12,14,18H,7-10,16H2,1H3/t11-,14+/m0/s1. The maximum atomic E-state index is 12.3. The van der Waals surface area contributed by atoms with Gasteiger partial charge in [-0.2, -0.15) is 0 Å². The molecule has 1 fully saturated rings. The minimum atomic E-state index is -0.579. The Morgan fingerprint density at radius 2 is 1.89 bits per heavy atom. The Morgan fingerprint density at radius 1 is 1.32 bits per heavy atom. The minimum Gasteiger partial charge on any atom is -0.393 e. The number of nitrogens with two attached hydrogens (primary N) is 1. The molecule has 4 nitrogen and oxygen atoms in total. The number of aliphatic hydroxyl groups is 1. The molecule has 1 aliphatic rings. The summed E-state index contributed by atoms with van der Waals surface area (Å²) in [6.45, 7) is 3.20. The Labute approximate surface area is 114 Å². The van der Waals surface area contributed by atoms with E-state index in [9.17, 15) is 9.90 Å². The molecule has 1 heterocycles. The highest BCUT2D eigenvalue weighted by Crippen LogP contribution is 2.22. The van der Waals surface area contributed by atoms with E-state index in [1.807, 2.05) is 42.2 Å². The Morgan fingerprint density at radius 3 is 2.42 bits per heavy atom. The second-order valence-corrected chi connectivity index (χ2v) is 5.29. The summed E-state index contributed by atoms with van der Waals surface area (Å²) in [5.41, 5.74) is 6.88. The van der Waals surface area contributed by atoms with Crippen LogP contribution in [0.25, 0.3) is 0 Å². The number of benzene rings is 1. The maximum absolute atomic E-state index is 12.3. The van der Waals surface area contributed by atoms with Crippen LogP contribution in [0, 0.1) is 5.92 Å². The van der Waals surface area contributed by atoms with Crippen LogP contribution in [-0.2, 0) is 4.79 Å². The number of likely N-dealkylation sites (tertiary alicyclic amines) is 1. The SMILES string of the molecule is C[C@H](O)C1CCN(C(=O)[C@H](N)c2ccccc2)CC1. The predicted octanol–water partition coefficient (Wildman–Crippen LogP) is 1.31. The highest BCUT2D eigenvalue weighted by atomic mass is 16.3. The molecule has 0 bridgehead atoms. The Balaban J connectivity index is 1.94. The van der Waals surface area contributed by atoms with E-state index in [-0.39, 0.29) is 12.0 Å². The number of carbonyl (C=O) groups excluding carboxylic acids is 1. The molecule has 0 aromatic heterocycles. The Bertz CT molecular complexity index is 411. The van der Waals surface area contributed by atoms with E-state index in [0.29, 0.717) is 19.0 Å². The molecule has 1 saturated heterocycles. The summed E-state index contributed by atoms with van der Waals surface area (Å²) in [6.07, 6.45) is 1.41. The third kappa shape index (κ3) is 3.33. The zero-order chi connectivity index (χ0) is 13.8. The van der Waals surface area contributed by atoms with E-state index in [1.54, 1.807) is 0 Å². The van der Waals surface area contributed by atoms with Gasteiger partial charge in [0.15, 0.2) is 0 Å². The van der Waals surface area contributed by atoms with Crippen molar-refractivity contribution in [2.45, 2.75) is 31.9 Å². The van der Waals surface area contributed by atoms with Gasteiger partial charge in [-0.15, -0.1) is 0 Å². The molecule has 0 spiro atoms. The molecule has 2 rings (SSSR count). The van der Waals surface area contributed by atoms with E-state index in [0.717, 1.165) is 18.4 Å². The molecule has 2 atom stereocenters. The van der Waals surface area contributed by atoms with Crippen LogP contribution < -0.4 is 5.73 Å². The first-order valence-corrected chi connectivity index (χ1v) is 6.87. The summed E-state index contributed by atoms with van der Waals surface area (Å²) in [4.78, 5) is 14.1. The second-order valence-electron chi connectivity index (χ2n) is 5.29. The molecule has 1 aromatic carbocycles. The Kier molecular flexibility index (Phi) is 4.56.